The van der Waals surface area contributed by atoms with E-state index in [0.717, 1.165) is 59.9 Å². The van der Waals surface area contributed by atoms with E-state index < -0.39 is 8.07 Å². The molecule has 0 spiro atoms. The summed E-state index contributed by atoms with van der Waals surface area (Å²) >= 11 is 0. The number of nitriles is 1. The number of ether oxygens (including phenoxy) is 2. The standard InChI is InChI=1S/C33H39N7O3Si/c1-44(2,3)17-16-42-23-40-31(13-15-36-40)25-5-11-32(35-19-25)43-29-9-10-30-24(18-29)4-6-26(37-30)20-39-27-7-8-28(39)22-38(21-27)33(41)12-14-34/h4-6,9-11,13,15,18-19,27-28H,7-8,12,16-17,20-23H2,1-3H3. The summed E-state index contributed by atoms with van der Waals surface area (Å²) in [6.45, 7) is 10.3. The van der Waals surface area contributed by atoms with Gasteiger partial charge in [0.1, 0.15) is 18.9 Å². The number of piperazine rings is 1. The molecule has 2 unspecified atom stereocenters. The minimum absolute atomic E-state index is 0.0416. The quantitative estimate of drug-likeness (QED) is 0.158. The predicted molar refractivity (Wildman–Crippen MR) is 171 cm³/mol. The van der Waals surface area contributed by atoms with Gasteiger partial charge in [0.2, 0.25) is 11.8 Å². The monoisotopic (exact) mass is 609 g/mol. The molecule has 0 N–H and O–H groups in total. The fourth-order valence-electron chi connectivity index (χ4n) is 6.04. The van der Waals surface area contributed by atoms with Gasteiger partial charge in [0.15, 0.2) is 0 Å². The second kappa shape index (κ2) is 12.9. The molecule has 11 heteroatoms. The minimum Gasteiger partial charge on any atom is -0.439 e. The SMILES string of the molecule is C[Si](C)(C)CCOCn1nccc1-c1ccc(Oc2ccc3nc(CN4C5CCC4CN(C(=O)CC#N)C5)ccc3c2)nc1. The third-order valence-electron chi connectivity index (χ3n) is 8.46. The number of nitrogens with zero attached hydrogens (tertiary/aromatic N) is 7. The van der Waals surface area contributed by atoms with Gasteiger partial charge < -0.3 is 14.4 Å². The van der Waals surface area contributed by atoms with Crippen molar-refractivity contribution >= 4 is 24.9 Å². The first kappa shape index (κ1) is 29.9. The number of rotatable bonds is 11. The highest BCUT2D eigenvalue weighted by Crippen LogP contribution is 2.32. The summed E-state index contributed by atoms with van der Waals surface area (Å²) < 4.78 is 13.8. The molecule has 44 heavy (non-hydrogen) atoms. The van der Waals surface area contributed by atoms with Crippen LogP contribution >= 0.6 is 0 Å². The molecule has 0 radical (unpaired) electrons. The lowest BCUT2D eigenvalue weighted by molar-refractivity contribution is -0.133. The number of fused-ring (bicyclic) bond motifs is 3. The summed E-state index contributed by atoms with van der Waals surface area (Å²) in [6, 6.07) is 19.6. The number of carbonyl (C=O) groups is 1. The summed E-state index contributed by atoms with van der Waals surface area (Å²) in [5.41, 5.74) is 3.82. The molecule has 228 valence electrons. The number of aromatic nitrogens is 4. The Balaban J connectivity index is 1.06. The van der Waals surface area contributed by atoms with E-state index >= 15 is 0 Å². The Labute approximate surface area is 259 Å². The molecule has 2 atom stereocenters. The van der Waals surface area contributed by atoms with Crippen LogP contribution in [0.25, 0.3) is 22.2 Å². The Kier molecular flexibility index (Phi) is 8.75. The van der Waals surface area contributed by atoms with Crippen molar-refractivity contribution < 1.29 is 14.3 Å². The van der Waals surface area contributed by atoms with Crippen molar-refractivity contribution in [3.63, 3.8) is 0 Å². The topological polar surface area (TPSA) is 109 Å². The zero-order valence-corrected chi connectivity index (χ0v) is 26.6. The fraction of sp³-hybridized carbons (Fsp3) is 0.424. The van der Waals surface area contributed by atoms with E-state index in [9.17, 15) is 4.79 Å². The molecule has 0 saturated carbocycles. The van der Waals surface area contributed by atoms with Gasteiger partial charge in [-0.05, 0) is 55.3 Å². The fourth-order valence-corrected chi connectivity index (χ4v) is 6.80. The van der Waals surface area contributed by atoms with Gasteiger partial charge in [0, 0.05) is 75.8 Å². The molecule has 2 fully saturated rings. The van der Waals surface area contributed by atoms with E-state index in [0.29, 0.717) is 43.5 Å². The largest absolute Gasteiger partial charge is 0.439 e. The first-order chi connectivity index (χ1) is 21.3. The number of amides is 1. The minimum atomic E-state index is -1.13. The molecule has 2 aliphatic heterocycles. The van der Waals surface area contributed by atoms with E-state index in [1.54, 1.807) is 12.4 Å². The van der Waals surface area contributed by atoms with Crippen LogP contribution in [0, 0.1) is 11.3 Å². The van der Waals surface area contributed by atoms with Crippen molar-refractivity contribution in [3.8, 4) is 29.0 Å². The van der Waals surface area contributed by atoms with Crippen molar-refractivity contribution in [3.05, 3.63) is 66.6 Å². The van der Waals surface area contributed by atoms with Gasteiger partial charge >= 0.3 is 0 Å². The molecule has 2 aliphatic rings. The van der Waals surface area contributed by atoms with Crippen molar-refractivity contribution in [1.29, 1.82) is 5.26 Å². The Morgan fingerprint density at radius 2 is 1.89 bits per heavy atom. The lowest BCUT2D eigenvalue weighted by Gasteiger charge is -2.40. The van der Waals surface area contributed by atoms with E-state index in [4.69, 9.17) is 19.7 Å². The van der Waals surface area contributed by atoms with Crippen LogP contribution in [0.5, 0.6) is 11.6 Å². The molecular formula is C33H39N7O3Si. The highest BCUT2D eigenvalue weighted by Gasteiger charge is 2.41. The molecule has 2 bridgehead atoms. The average Bonchev–Trinajstić information content (AvgIpc) is 3.55. The van der Waals surface area contributed by atoms with Gasteiger partial charge in [0.05, 0.1) is 23.0 Å². The number of hydrogen-bond donors (Lipinski definition) is 0. The predicted octanol–water partition coefficient (Wildman–Crippen LogP) is 5.69. The van der Waals surface area contributed by atoms with E-state index in [2.05, 4.69) is 46.8 Å². The first-order valence-corrected chi connectivity index (χ1v) is 19.0. The summed E-state index contributed by atoms with van der Waals surface area (Å²) in [4.78, 5) is 26.1. The van der Waals surface area contributed by atoms with Crippen LogP contribution in [0.2, 0.25) is 25.7 Å². The van der Waals surface area contributed by atoms with Crippen LogP contribution in [0.15, 0.2) is 60.9 Å². The van der Waals surface area contributed by atoms with Crippen LogP contribution in [0.4, 0.5) is 0 Å². The van der Waals surface area contributed by atoms with Crippen LogP contribution in [0.3, 0.4) is 0 Å². The van der Waals surface area contributed by atoms with Crippen LogP contribution in [-0.4, -0.2) is 75.3 Å². The number of hydrogen-bond acceptors (Lipinski definition) is 8. The molecule has 3 aromatic heterocycles. The van der Waals surface area contributed by atoms with Gasteiger partial charge in [-0.1, -0.05) is 25.7 Å². The molecular weight excluding hydrogens is 570 g/mol. The van der Waals surface area contributed by atoms with Gasteiger partial charge in [-0.15, -0.1) is 0 Å². The van der Waals surface area contributed by atoms with Crippen molar-refractivity contribution in [2.24, 2.45) is 0 Å². The summed E-state index contributed by atoms with van der Waals surface area (Å²) in [5, 5.41) is 14.3. The zero-order chi connectivity index (χ0) is 30.7. The van der Waals surface area contributed by atoms with Gasteiger partial charge in [-0.25, -0.2) is 9.67 Å². The van der Waals surface area contributed by atoms with Crippen molar-refractivity contribution in [1.82, 2.24) is 29.5 Å². The van der Waals surface area contributed by atoms with E-state index in [1.807, 2.05) is 52.0 Å². The summed E-state index contributed by atoms with van der Waals surface area (Å²) in [5.74, 6) is 1.15. The summed E-state index contributed by atoms with van der Waals surface area (Å²) in [7, 11) is -1.13. The first-order valence-electron chi connectivity index (χ1n) is 15.3. The number of benzene rings is 1. The Bertz CT molecular complexity index is 1650. The second-order valence-electron chi connectivity index (χ2n) is 12.9. The molecule has 5 heterocycles. The maximum absolute atomic E-state index is 12.3. The molecule has 2 saturated heterocycles. The van der Waals surface area contributed by atoms with Gasteiger partial charge in [0.25, 0.3) is 0 Å². The Morgan fingerprint density at radius 1 is 1.07 bits per heavy atom. The Morgan fingerprint density at radius 3 is 2.61 bits per heavy atom. The Hall–Kier alpha value is -4.11. The highest BCUT2D eigenvalue weighted by molar-refractivity contribution is 6.76. The maximum Gasteiger partial charge on any atom is 0.236 e. The lowest BCUT2D eigenvalue weighted by atomic mass is 10.1. The normalized spacial score (nSPS) is 18.5. The van der Waals surface area contributed by atoms with Crippen LogP contribution in [-0.2, 0) is 22.8 Å². The van der Waals surface area contributed by atoms with E-state index in [1.165, 1.54) is 0 Å². The van der Waals surface area contributed by atoms with E-state index in [-0.39, 0.29) is 12.3 Å². The van der Waals surface area contributed by atoms with Gasteiger partial charge in [-0.2, -0.15) is 10.4 Å². The average molecular weight is 610 g/mol. The third-order valence-corrected chi connectivity index (χ3v) is 10.2. The molecule has 1 amide bonds. The smallest absolute Gasteiger partial charge is 0.236 e. The molecule has 6 rings (SSSR count). The number of likely N-dealkylation sites (tertiary alicyclic amines) is 1. The molecule has 10 nitrogen and oxygen atoms in total. The number of pyridine rings is 2. The van der Waals surface area contributed by atoms with Crippen LogP contribution in [0.1, 0.15) is 25.0 Å². The highest BCUT2D eigenvalue weighted by atomic mass is 28.3. The summed E-state index contributed by atoms with van der Waals surface area (Å²) in [6.07, 6.45) is 5.68. The molecule has 0 aliphatic carbocycles. The second-order valence-corrected chi connectivity index (χ2v) is 18.5. The van der Waals surface area contributed by atoms with Gasteiger partial charge in [-0.3, -0.25) is 14.7 Å². The molecule has 4 aromatic rings. The van der Waals surface area contributed by atoms with Crippen molar-refractivity contribution in [2.75, 3.05) is 19.7 Å². The molecule has 1 aromatic carbocycles. The zero-order valence-electron chi connectivity index (χ0n) is 25.6. The third kappa shape index (κ3) is 6.99. The van der Waals surface area contributed by atoms with Crippen LogP contribution < -0.4 is 4.74 Å². The van der Waals surface area contributed by atoms with Crippen molar-refractivity contribution in [2.45, 2.75) is 70.3 Å². The maximum atomic E-state index is 12.3. The number of carbonyl (C=O) groups excluding carboxylic acids is 1. The lowest BCUT2D eigenvalue weighted by Crippen LogP contribution is -2.54.